The molecule has 1 N–H and O–H groups in total. The van der Waals surface area contributed by atoms with Crippen LogP contribution >= 0.6 is 15.9 Å². The minimum absolute atomic E-state index is 0.0691. The van der Waals surface area contributed by atoms with Crippen LogP contribution in [-0.4, -0.2) is 13.1 Å². The molecule has 1 nitrogen and oxygen atoms in total. The summed E-state index contributed by atoms with van der Waals surface area (Å²) in [6.45, 7) is 0. The Bertz CT molecular complexity index is 380. The van der Waals surface area contributed by atoms with E-state index >= 15 is 0 Å². The molecule has 0 amide bonds. The third kappa shape index (κ3) is 3.08. The average Bonchev–Trinajstić information content (AvgIpc) is 2.57. The van der Waals surface area contributed by atoms with Gasteiger partial charge < -0.3 is 5.32 Å². The highest BCUT2D eigenvalue weighted by Gasteiger charge is 2.26. The van der Waals surface area contributed by atoms with Gasteiger partial charge in [0.2, 0.25) is 0 Å². The van der Waals surface area contributed by atoms with E-state index in [4.69, 9.17) is 0 Å². The lowest BCUT2D eigenvalue weighted by Crippen LogP contribution is -2.31. The van der Waals surface area contributed by atoms with Crippen molar-refractivity contribution in [2.45, 2.75) is 44.1 Å². The molecule has 0 radical (unpaired) electrons. The summed E-state index contributed by atoms with van der Waals surface area (Å²) in [5.74, 6) is 0.236. The minimum Gasteiger partial charge on any atom is -0.316 e. The smallest absolute Gasteiger partial charge is 0.126 e. The van der Waals surface area contributed by atoms with Gasteiger partial charge in [-0.3, -0.25) is 0 Å². The Morgan fingerprint density at radius 2 is 2.00 bits per heavy atom. The van der Waals surface area contributed by atoms with Crippen molar-refractivity contribution in [2.24, 2.45) is 0 Å². The largest absolute Gasteiger partial charge is 0.316 e. The number of benzene rings is 1. The molecule has 0 heterocycles. The highest BCUT2D eigenvalue weighted by molar-refractivity contribution is 9.10. The van der Waals surface area contributed by atoms with Gasteiger partial charge in [-0.05, 0) is 43.7 Å². The van der Waals surface area contributed by atoms with E-state index < -0.39 is 0 Å². The molecule has 3 heteroatoms. The van der Waals surface area contributed by atoms with Gasteiger partial charge in [-0.15, -0.1) is 0 Å². The van der Waals surface area contributed by atoms with Crippen molar-refractivity contribution in [2.75, 3.05) is 7.05 Å². The Hall–Kier alpha value is -0.410. The minimum atomic E-state index is -0.0691. The van der Waals surface area contributed by atoms with Gasteiger partial charge in [-0.25, -0.2) is 4.39 Å². The number of hydrogen-bond donors (Lipinski definition) is 1. The molecule has 0 aromatic heterocycles. The van der Waals surface area contributed by atoms with Crippen LogP contribution in [0.15, 0.2) is 22.7 Å². The molecule has 2 atom stereocenters. The summed E-state index contributed by atoms with van der Waals surface area (Å²) in [5.41, 5.74) is 0.862. The number of likely N-dealkylation sites (N-methyl/N-ethyl adjacent to an activating group) is 1. The molecule has 1 aliphatic carbocycles. The maximum absolute atomic E-state index is 13.9. The van der Waals surface area contributed by atoms with Crippen molar-refractivity contribution in [3.63, 3.8) is 0 Å². The first kappa shape index (κ1) is 13.0. The van der Waals surface area contributed by atoms with Crippen molar-refractivity contribution < 1.29 is 4.39 Å². The second-order valence-electron chi connectivity index (χ2n) is 4.81. The molecule has 1 fully saturated rings. The summed E-state index contributed by atoms with van der Waals surface area (Å²) in [5, 5.41) is 3.36. The van der Waals surface area contributed by atoms with Crippen molar-refractivity contribution >= 4 is 15.9 Å². The predicted octanol–water partition coefficient (Wildman–Crippen LogP) is 4.22. The van der Waals surface area contributed by atoms with Crippen LogP contribution in [0.1, 0.15) is 43.6 Å². The van der Waals surface area contributed by atoms with Gasteiger partial charge in [-0.1, -0.05) is 35.2 Å². The van der Waals surface area contributed by atoms with Crippen molar-refractivity contribution in [3.05, 3.63) is 34.1 Å². The van der Waals surface area contributed by atoms with Crippen LogP contribution < -0.4 is 5.32 Å². The number of nitrogens with one attached hydrogen (secondary N) is 1. The lowest BCUT2D eigenvalue weighted by atomic mass is 9.87. The Morgan fingerprint density at radius 3 is 2.76 bits per heavy atom. The quantitative estimate of drug-likeness (QED) is 0.806. The zero-order valence-corrected chi connectivity index (χ0v) is 11.8. The van der Waals surface area contributed by atoms with Crippen LogP contribution in [0.4, 0.5) is 4.39 Å². The van der Waals surface area contributed by atoms with Crippen LogP contribution in [0.5, 0.6) is 0 Å². The lowest BCUT2D eigenvalue weighted by Gasteiger charge is -2.25. The monoisotopic (exact) mass is 299 g/mol. The third-order valence-corrected chi connectivity index (χ3v) is 4.24. The molecule has 17 heavy (non-hydrogen) atoms. The fourth-order valence-corrected chi connectivity index (χ4v) is 3.20. The maximum atomic E-state index is 13.9. The highest BCUT2D eigenvalue weighted by Crippen LogP contribution is 2.34. The first-order chi connectivity index (χ1) is 8.22. The van der Waals surface area contributed by atoms with Gasteiger partial charge in [0.25, 0.3) is 0 Å². The molecule has 0 spiro atoms. The van der Waals surface area contributed by atoms with Crippen LogP contribution in [0.25, 0.3) is 0 Å². The molecule has 94 valence electrons. The first-order valence-electron chi connectivity index (χ1n) is 6.34. The summed E-state index contributed by atoms with van der Waals surface area (Å²) < 4.78 is 14.9. The van der Waals surface area contributed by atoms with Crippen molar-refractivity contribution in [1.82, 2.24) is 5.32 Å². The highest BCUT2D eigenvalue weighted by atomic mass is 79.9. The Balaban J connectivity index is 2.31. The molecule has 2 unspecified atom stereocenters. The standard InChI is InChI=1S/C14H19BrFN/c1-17-14-6-4-2-3-5-11(14)12-9-10(15)7-8-13(12)16/h7-9,11,14,17H,2-6H2,1H3. The molecule has 1 aromatic carbocycles. The van der Waals surface area contributed by atoms with Gasteiger partial charge in [0.15, 0.2) is 0 Å². The molecule has 1 aromatic rings. The van der Waals surface area contributed by atoms with Gasteiger partial charge in [-0.2, -0.15) is 0 Å². The summed E-state index contributed by atoms with van der Waals surface area (Å²) in [7, 11) is 1.98. The van der Waals surface area contributed by atoms with Crippen LogP contribution in [0.3, 0.4) is 0 Å². The Morgan fingerprint density at radius 1 is 1.24 bits per heavy atom. The molecule has 0 aliphatic heterocycles. The molecule has 1 aliphatic rings. The Kier molecular flexibility index (Phi) is 4.57. The molecule has 0 bridgehead atoms. The van der Waals surface area contributed by atoms with E-state index in [0.29, 0.717) is 12.0 Å². The fourth-order valence-electron chi connectivity index (χ4n) is 2.82. The van der Waals surface area contributed by atoms with Gasteiger partial charge in [0.1, 0.15) is 5.82 Å². The summed E-state index contributed by atoms with van der Waals surface area (Å²) in [6.07, 6.45) is 5.95. The topological polar surface area (TPSA) is 12.0 Å². The number of hydrogen-bond acceptors (Lipinski definition) is 1. The van der Waals surface area contributed by atoms with E-state index in [2.05, 4.69) is 21.2 Å². The second-order valence-corrected chi connectivity index (χ2v) is 5.72. The maximum Gasteiger partial charge on any atom is 0.126 e. The molecule has 2 rings (SSSR count). The normalized spacial score (nSPS) is 25.6. The summed E-state index contributed by atoms with van der Waals surface area (Å²) in [6, 6.07) is 5.68. The average molecular weight is 300 g/mol. The fraction of sp³-hybridized carbons (Fsp3) is 0.571. The van der Waals surface area contributed by atoms with E-state index in [0.717, 1.165) is 22.9 Å². The van der Waals surface area contributed by atoms with Gasteiger partial charge >= 0.3 is 0 Å². The van der Waals surface area contributed by atoms with E-state index in [1.807, 2.05) is 13.1 Å². The zero-order chi connectivity index (χ0) is 12.3. The zero-order valence-electron chi connectivity index (χ0n) is 10.2. The predicted molar refractivity (Wildman–Crippen MR) is 72.8 cm³/mol. The number of rotatable bonds is 2. The van der Waals surface area contributed by atoms with Crippen molar-refractivity contribution in [1.29, 1.82) is 0 Å². The van der Waals surface area contributed by atoms with E-state index in [-0.39, 0.29) is 5.82 Å². The summed E-state index contributed by atoms with van der Waals surface area (Å²) in [4.78, 5) is 0. The third-order valence-electron chi connectivity index (χ3n) is 3.74. The van der Waals surface area contributed by atoms with Gasteiger partial charge in [0, 0.05) is 16.4 Å². The van der Waals surface area contributed by atoms with E-state index in [1.165, 1.54) is 19.3 Å². The van der Waals surface area contributed by atoms with Crippen LogP contribution in [0, 0.1) is 5.82 Å². The second kappa shape index (κ2) is 5.96. The van der Waals surface area contributed by atoms with Crippen LogP contribution in [-0.2, 0) is 0 Å². The molecular formula is C14H19BrFN. The lowest BCUT2D eigenvalue weighted by molar-refractivity contribution is 0.425. The number of halogens is 2. The molecule has 1 saturated carbocycles. The SMILES string of the molecule is CNC1CCCCCC1c1cc(Br)ccc1F. The van der Waals surface area contributed by atoms with Gasteiger partial charge in [0.05, 0.1) is 0 Å². The van der Waals surface area contributed by atoms with Crippen LogP contribution in [0.2, 0.25) is 0 Å². The first-order valence-corrected chi connectivity index (χ1v) is 7.14. The van der Waals surface area contributed by atoms with E-state index in [9.17, 15) is 4.39 Å². The summed E-state index contributed by atoms with van der Waals surface area (Å²) >= 11 is 3.44. The molecular weight excluding hydrogens is 281 g/mol. The van der Waals surface area contributed by atoms with Crippen molar-refractivity contribution in [3.8, 4) is 0 Å². The molecule has 0 saturated heterocycles. The Labute approximate surface area is 111 Å². The van der Waals surface area contributed by atoms with E-state index in [1.54, 1.807) is 12.1 Å².